The molecule has 100 valence electrons. The quantitative estimate of drug-likeness (QED) is 0.862. The molecule has 2 aromatic carbocycles. The number of hydrogen-bond donors (Lipinski definition) is 1. The van der Waals surface area contributed by atoms with Crippen molar-refractivity contribution in [3.8, 4) is 11.5 Å². The molecular weight excluding hydrogens is 285 g/mol. The van der Waals surface area contributed by atoms with E-state index in [1.165, 1.54) is 0 Å². The van der Waals surface area contributed by atoms with E-state index in [0.29, 0.717) is 28.1 Å². The monoisotopic (exact) mass is 297 g/mol. The van der Waals surface area contributed by atoms with Gasteiger partial charge in [-0.05, 0) is 29.8 Å². The maximum Gasteiger partial charge on any atom is 0.157 e. The van der Waals surface area contributed by atoms with Gasteiger partial charge in [0, 0.05) is 5.69 Å². The van der Waals surface area contributed by atoms with Crippen molar-refractivity contribution in [1.29, 1.82) is 0 Å². The fourth-order valence-corrected chi connectivity index (χ4v) is 2.25. The Morgan fingerprint density at radius 3 is 2.42 bits per heavy atom. The zero-order valence-electron chi connectivity index (χ0n) is 10.3. The molecule has 0 aromatic heterocycles. The molecule has 5 heteroatoms. The molecule has 0 aliphatic carbocycles. The Kier molecular flexibility index (Phi) is 4.40. The lowest BCUT2D eigenvalue weighted by Gasteiger charge is -2.11. The number of methoxy groups -OCH3 is 1. The summed E-state index contributed by atoms with van der Waals surface area (Å²) in [6.07, 6.45) is 0. The van der Waals surface area contributed by atoms with Gasteiger partial charge in [0.25, 0.3) is 0 Å². The van der Waals surface area contributed by atoms with Crippen molar-refractivity contribution in [3.63, 3.8) is 0 Å². The molecule has 0 saturated heterocycles. The van der Waals surface area contributed by atoms with Gasteiger partial charge in [-0.1, -0.05) is 35.3 Å². The van der Waals surface area contributed by atoms with Crippen molar-refractivity contribution in [2.24, 2.45) is 0 Å². The predicted molar refractivity (Wildman–Crippen MR) is 78.2 cm³/mol. The highest BCUT2D eigenvalue weighted by Crippen LogP contribution is 2.35. The summed E-state index contributed by atoms with van der Waals surface area (Å²) in [5.74, 6) is 1.20. The van der Waals surface area contributed by atoms with Crippen LogP contribution in [0, 0.1) is 0 Å². The van der Waals surface area contributed by atoms with Crippen molar-refractivity contribution in [2.45, 2.75) is 6.61 Å². The van der Waals surface area contributed by atoms with Gasteiger partial charge in [-0.25, -0.2) is 0 Å². The molecule has 0 bridgehead atoms. The Morgan fingerprint density at radius 1 is 1.11 bits per heavy atom. The van der Waals surface area contributed by atoms with E-state index >= 15 is 0 Å². The minimum atomic E-state index is 0.348. The molecule has 0 radical (unpaired) electrons. The van der Waals surface area contributed by atoms with Crippen LogP contribution in [0.2, 0.25) is 10.0 Å². The van der Waals surface area contributed by atoms with Crippen LogP contribution >= 0.6 is 23.2 Å². The molecule has 0 saturated carbocycles. The van der Waals surface area contributed by atoms with Gasteiger partial charge in [-0.2, -0.15) is 0 Å². The van der Waals surface area contributed by atoms with Gasteiger partial charge < -0.3 is 15.2 Å². The van der Waals surface area contributed by atoms with Gasteiger partial charge in [0.1, 0.15) is 12.4 Å². The molecule has 0 amide bonds. The fraction of sp³-hybridized carbons (Fsp3) is 0.143. The lowest BCUT2D eigenvalue weighted by atomic mass is 10.2. The number of nitrogen functional groups attached to an aromatic ring is 1. The first-order valence-corrected chi connectivity index (χ1v) is 6.36. The molecular formula is C14H13Cl2NO2. The van der Waals surface area contributed by atoms with Gasteiger partial charge >= 0.3 is 0 Å². The van der Waals surface area contributed by atoms with Crippen LogP contribution in [0.5, 0.6) is 11.5 Å². The third-order valence-corrected chi connectivity index (χ3v) is 3.10. The summed E-state index contributed by atoms with van der Waals surface area (Å²) in [6, 6.07) is 10.8. The van der Waals surface area contributed by atoms with E-state index in [9.17, 15) is 0 Å². The molecule has 2 rings (SSSR count). The molecule has 0 aliphatic heterocycles. The van der Waals surface area contributed by atoms with Crippen molar-refractivity contribution in [1.82, 2.24) is 0 Å². The summed E-state index contributed by atoms with van der Waals surface area (Å²) < 4.78 is 10.8. The molecule has 0 spiro atoms. The first-order valence-electron chi connectivity index (χ1n) is 5.60. The normalized spacial score (nSPS) is 10.3. The Morgan fingerprint density at radius 2 is 1.79 bits per heavy atom. The highest BCUT2D eigenvalue weighted by molar-refractivity contribution is 6.37. The molecule has 0 heterocycles. The highest BCUT2D eigenvalue weighted by atomic mass is 35.5. The van der Waals surface area contributed by atoms with E-state index in [2.05, 4.69) is 0 Å². The number of halogens is 2. The molecule has 0 fully saturated rings. The molecule has 2 aromatic rings. The third-order valence-electron chi connectivity index (χ3n) is 2.54. The molecule has 0 unspecified atom stereocenters. The van der Waals surface area contributed by atoms with E-state index in [1.807, 2.05) is 24.3 Å². The molecule has 0 aliphatic rings. The van der Waals surface area contributed by atoms with Gasteiger partial charge in [-0.15, -0.1) is 0 Å². The Bertz CT molecular complexity index is 564. The lowest BCUT2D eigenvalue weighted by Crippen LogP contribution is -1.98. The number of ether oxygens (including phenoxy) is 2. The number of nitrogens with two attached hydrogens (primary N) is 1. The van der Waals surface area contributed by atoms with E-state index < -0.39 is 0 Å². The van der Waals surface area contributed by atoms with Crippen LogP contribution in [-0.4, -0.2) is 7.11 Å². The van der Waals surface area contributed by atoms with E-state index in [0.717, 1.165) is 11.3 Å². The summed E-state index contributed by atoms with van der Waals surface area (Å²) in [6.45, 7) is 0.348. The molecule has 19 heavy (non-hydrogen) atoms. The SMILES string of the molecule is COc1cccc(COc2c(Cl)cc(N)cc2Cl)c1. The van der Waals surface area contributed by atoms with Gasteiger partial charge in [0.15, 0.2) is 5.75 Å². The highest BCUT2D eigenvalue weighted by Gasteiger charge is 2.09. The first-order chi connectivity index (χ1) is 9.10. The van der Waals surface area contributed by atoms with Crippen LogP contribution in [0.3, 0.4) is 0 Å². The third kappa shape index (κ3) is 3.46. The van der Waals surface area contributed by atoms with Gasteiger partial charge in [0.2, 0.25) is 0 Å². The van der Waals surface area contributed by atoms with E-state index in [-0.39, 0.29) is 0 Å². The van der Waals surface area contributed by atoms with Gasteiger partial charge in [-0.3, -0.25) is 0 Å². The van der Waals surface area contributed by atoms with Crippen LogP contribution in [0.25, 0.3) is 0 Å². The number of benzene rings is 2. The Balaban J connectivity index is 2.14. The maximum absolute atomic E-state index is 6.05. The standard InChI is InChI=1S/C14H13Cl2NO2/c1-18-11-4-2-3-9(5-11)8-19-14-12(15)6-10(17)7-13(14)16/h2-7H,8,17H2,1H3. The molecule has 0 atom stereocenters. The Labute approximate surface area is 121 Å². The summed E-state index contributed by atoms with van der Waals surface area (Å²) in [7, 11) is 1.62. The van der Waals surface area contributed by atoms with Gasteiger partial charge in [0.05, 0.1) is 17.2 Å². The first kappa shape index (κ1) is 13.8. The maximum atomic E-state index is 6.05. The summed E-state index contributed by atoms with van der Waals surface area (Å²) in [5.41, 5.74) is 7.10. The average molecular weight is 298 g/mol. The second-order valence-corrected chi connectivity index (χ2v) is 4.77. The van der Waals surface area contributed by atoms with Crippen LogP contribution in [0.15, 0.2) is 36.4 Å². The number of hydrogen-bond acceptors (Lipinski definition) is 3. The van der Waals surface area contributed by atoms with Crippen LogP contribution in [-0.2, 0) is 6.61 Å². The molecule has 3 nitrogen and oxygen atoms in total. The average Bonchev–Trinajstić information content (AvgIpc) is 2.37. The van der Waals surface area contributed by atoms with Crippen molar-refractivity contribution in [2.75, 3.05) is 12.8 Å². The summed E-state index contributed by atoms with van der Waals surface area (Å²) >= 11 is 12.1. The summed E-state index contributed by atoms with van der Waals surface area (Å²) in [5, 5.41) is 0.792. The Hall–Kier alpha value is -1.58. The predicted octanol–water partition coefficient (Wildman–Crippen LogP) is 4.16. The largest absolute Gasteiger partial charge is 0.497 e. The van der Waals surface area contributed by atoms with E-state index in [4.69, 9.17) is 38.4 Å². The fourth-order valence-electron chi connectivity index (χ4n) is 1.64. The zero-order valence-corrected chi connectivity index (χ0v) is 11.8. The molecule has 2 N–H and O–H groups in total. The number of anilines is 1. The second kappa shape index (κ2) is 6.04. The minimum absolute atomic E-state index is 0.348. The van der Waals surface area contributed by atoms with Crippen LogP contribution in [0.4, 0.5) is 5.69 Å². The van der Waals surface area contributed by atoms with Crippen molar-refractivity contribution >= 4 is 28.9 Å². The van der Waals surface area contributed by atoms with Crippen molar-refractivity contribution < 1.29 is 9.47 Å². The smallest absolute Gasteiger partial charge is 0.157 e. The van der Waals surface area contributed by atoms with Crippen LogP contribution in [0.1, 0.15) is 5.56 Å². The second-order valence-electron chi connectivity index (χ2n) is 3.95. The lowest BCUT2D eigenvalue weighted by molar-refractivity contribution is 0.305. The van der Waals surface area contributed by atoms with Crippen LogP contribution < -0.4 is 15.2 Å². The zero-order chi connectivity index (χ0) is 13.8. The number of rotatable bonds is 4. The minimum Gasteiger partial charge on any atom is -0.497 e. The van der Waals surface area contributed by atoms with Crippen molar-refractivity contribution in [3.05, 3.63) is 52.0 Å². The van der Waals surface area contributed by atoms with E-state index in [1.54, 1.807) is 19.2 Å². The summed E-state index contributed by atoms with van der Waals surface area (Å²) in [4.78, 5) is 0. The topological polar surface area (TPSA) is 44.5 Å².